The molecule has 0 saturated carbocycles. The van der Waals surface area contributed by atoms with E-state index in [9.17, 15) is 9.90 Å². The van der Waals surface area contributed by atoms with Gasteiger partial charge < -0.3 is 9.84 Å². The topological polar surface area (TPSA) is 46.5 Å². The van der Waals surface area contributed by atoms with Crippen LogP contribution in [0.4, 0.5) is 0 Å². The molecule has 0 rings (SSSR count). The van der Waals surface area contributed by atoms with Gasteiger partial charge in [0.1, 0.15) is 0 Å². The van der Waals surface area contributed by atoms with E-state index in [2.05, 4.69) is 10.8 Å². The number of carbonyl (C=O) groups excluding carboxylic acids is 1. The smallest absolute Gasteiger partial charge is 0.330 e. The molecule has 0 saturated heterocycles. The second-order valence-electron chi connectivity index (χ2n) is 4.65. The molecule has 3 heteroatoms. The van der Waals surface area contributed by atoms with Crippen molar-refractivity contribution >= 4 is 5.97 Å². The maximum absolute atomic E-state index is 10.8. The molecule has 102 valence electrons. The van der Waals surface area contributed by atoms with Crippen LogP contribution in [0, 0.1) is 0 Å². The highest BCUT2D eigenvalue weighted by molar-refractivity contribution is 5.81. The number of hydrogen-bond acceptors (Lipinski definition) is 3. The fraction of sp³-hybridized carbons (Fsp3) is 0.533. The van der Waals surface area contributed by atoms with Crippen molar-refractivity contribution in [1.29, 1.82) is 0 Å². The van der Waals surface area contributed by atoms with E-state index in [0.29, 0.717) is 0 Å². The highest BCUT2D eigenvalue weighted by atomic mass is 16.5. The third kappa shape index (κ3) is 12.7. The first kappa shape index (κ1) is 16.6. The third-order valence-electron chi connectivity index (χ3n) is 2.20. The van der Waals surface area contributed by atoms with Crippen LogP contribution >= 0.6 is 0 Å². The first-order valence-electron chi connectivity index (χ1n) is 6.27. The molecule has 0 radical (unpaired) electrons. The number of rotatable bonds is 8. The van der Waals surface area contributed by atoms with Crippen molar-refractivity contribution in [2.75, 3.05) is 7.11 Å². The minimum atomic E-state index is -0.747. The largest absolute Gasteiger partial charge is 0.466 e. The summed E-state index contributed by atoms with van der Waals surface area (Å²) in [6.45, 7) is 3.48. The van der Waals surface area contributed by atoms with Gasteiger partial charge in [0.05, 0.1) is 12.7 Å². The van der Waals surface area contributed by atoms with Crippen LogP contribution in [0.3, 0.4) is 0 Å². The lowest BCUT2D eigenvalue weighted by Crippen LogP contribution is -2.13. The monoisotopic (exact) mass is 252 g/mol. The first-order chi connectivity index (χ1) is 8.45. The van der Waals surface area contributed by atoms with Gasteiger partial charge >= 0.3 is 5.97 Å². The summed E-state index contributed by atoms with van der Waals surface area (Å²) in [7, 11) is 1.37. The molecule has 1 N–H and O–H groups in total. The van der Waals surface area contributed by atoms with Gasteiger partial charge in [0.15, 0.2) is 0 Å². The number of esters is 1. The number of aliphatic hydroxyl groups is 1. The summed E-state index contributed by atoms with van der Waals surface area (Å²) < 4.78 is 4.48. The molecule has 18 heavy (non-hydrogen) atoms. The minimum Gasteiger partial charge on any atom is -0.466 e. The molecule has 0 fully saturated rings. The van der Waals surface area contributed by atoms with E-state index in [1.165, 1.54) is 13.2 Å². The van der Waals surface area contributed by atoms with Crippen molar-refractivity contribution in [2.24, 2.45) is 0 Å². The summed E-state index contributed by atoms with van der Waals surface area (Å²) in [5.74, 6) is -0.299. The molecule has 0 bridgehead atoms. The first-order valence-corrected chi connectivity index (χ1v) is 6.27. The highest BCUT2D eigenvalue weighted by Gasteiger charge is 2.03. The maximum atomic E-state index is 10.8. The quantitative estimate of drug-likeness (QED) is 0.312. The molecule has 0 spiro atoms. The Balaban J connectivity index is 3.52. The van der Waals surface area contributed by atoms with E-state index in [1.807, 2.05) is 18.2 Å². The van der Waals surface area contributed by atoms with Gasteiger partial charge in [-0.3, -0.25) is 0 Å². The number of ether oxygens (including phenoxy) is 1. The van der Waals surface area contributed by atoms with Crippen LogP contribution in [-0.2, 0) is 9.53 Å². The Hall–Kier alpha value is -1.35. The average molecular weight is 252 g/mol. The maximum Gasteiger partial charge on any atom is 0.330 e. The molecule has 0 atom stereocenters. The van der Waals surface area contributed by atoms with Crippen LogP contribution in [0.2, 0.25) is 0 Å². The predicted octanol–water partition coefficient (Wildman–Crippen LogP) is 3.16. The van der Waals surface area contributed by atoms with Crippen molar-refractivity contribution in [2.45, 2.75) is 45.1 Å². The highest BCUT2D eigenvalue weighted by Crippen LogP contribution is 2.04. The summed E-state index contributed by atoms with van der Waals surface area (Å²) in [5.41, 5.74) is -0.747. The second-order valence-corrected chi connectivity index (χ2v) is 4.65. The molecule has 0 aromatic rings. The van der Waals surface area contributed by atoms with Crippen LogP contribution < -0.4 is 0 Å². The lowest BCUT2D eigenvalue weighted by atomic mass is 10.1. The lowest BCUT2D eigenvalue weighted by molar-refractivity contribution is -0.134. The summed E-state index contributed by atoms with van der Waals surface area (Å²) >= 11 is 0. The van der Waals surface area contributed by atoms with Crippen molar-refractivity contribution in [3.8, 4) is 0 Å². The van der Waals surface area contributed by atoms with Gasteiger partial charge in [-0.05, 0) is 39.5 Å². The van der Waals surface area contributed by atoms with Gasteiger partial charge in [-0.2, -0.15) is 0 Å². The van der Waals surface area contributed by atoms with Gasteiger partial charge in [0, 0.05) is 6.08 Å². The van der Waals surface area contributed by atoms with E-state index in [0.717, 1.165) is 25.7 Å². The van der Waals surface area contributed by atoms with Crippen LogP contribution in [0.5, 0.6) is 0 Å². The molecule has 0 aromatic carbocycles. The van der Waals surface area contributed by atoms with Crippen molar-refractivity contribution < 1.29 is 14.6 Å². The van der Waals surface area contributed by atoms with Gasteiger partial charge in [0.25, 0.3) is 0 Å². The molecular weight excluding hydrogens is 228 g/mol. The van der Waals surface area contributed by atoms with Crippen LogP contribution in [0.25, 0.3) is 0 Å². The van der Waals surface area contributed by atoms with Gasteiger partial charge in [-0.25, -0.2) is 4.79 Å². The molecule has 3 nitrogen and oxygen atoms in total. The fourth-order valence-electron chi connectivity index (χ4n) is 1.24. The lowest BCUT2D eigenvalue weighted by Gasteiger charge is -2.08. The zero-order valence-electron chi connectivity index (χ0n) is 11.6. The zero-order valence-corrected chi connectivity index (χ0v) is 11.6. The SMILES string of the molecule is COC(=O)/C=C\CCCC/C=C\C=C\C(C)(C)O. The van der Waals surface area contributed by atoms with Crippen molar-refractivity contribution in [3.05, 3.63) is 36.5 Å². The molecule has 0 aliphatic rings. The molecule has 0 aliphatic heterocycles. The van der Waals surface area contributed by atoms with E-state index < -0.39 is 5.60 Å². The molecule has 0 unspecified atom stereocenters. The number of hydrogen-bond donors (Lipinski definition) is 1. The van der Waals surface area contributed by atoms with Crippen LogP contribution in [0.15, 0.2) is 36.5 Å². The molecule has 0 amide bonds. The van der Waals surface area contributed by atoms with Crippen LogP contribution in [0.1, 0.15) is 39.5 Å². The Bertz CT molecular complexity index is 306. The summed E-state index contributed by atoms with van der Waals surface area (Å²) in [5, 5.41) is 9.42. The Kier molecular flexibility index (Phi) is 8.93. The summed E-state index contributed by atoms with van der Waals surface area (Å²) in [6, 6.07) is 0. The molecule has 0 aliphatic carbocycles. The van der Waals surface area contributed by atoms with Crippen molar-refractivity contribution in [3.63, 3.8) is 0 Å². The Labute approximate surface area is 110 Å². The molecule has 0 heterocycles. The van der Waals surface area contributed by atoms with Gasteiger partial charge in [-0.15, -0.1) is 0 Å². The molecule has 0 aromatic heterocycles. The number of carbonyl (C=O) groups is 1. The Morgan fingerprint density at radius 2 is 1.78 bits per heavy atom. The fourth-order valence-corrected chi connectivity index (χ4v) is 1.24. The summed E-state index contributed by atoms with van der Waals surface area (Å²) in [6.07, 6.45) is 15.0. The Morgan fingerprint density at radius 1 is 1.17 bits per heavy atom. The number of unbranched alkanes of at least 4 members (excludes halogenated alkanes) is 3. The predicted molar refractivity (Wildman–Crippen MR) is 74.2 cm³/mol. The van der Waals surface area contributed by atoms with E-state index in [1.54, 1.807) is 19.9 Å². The second kappa shape index (κ2) is 9.66. The molecular formula is C15H24O3. The van der Waals surface area contributed by atoms with E-state index >= 15 is 0 Å². The van der Waals surface area contributed by atoms with Crippen molar-refractivity contribution in [1.82, 2.24) is 0 Å². The zero-order chi connectivity index (χ0) is 13.9. The average Bonchev–Trinajstić information content (AvgIpc) is 2.29. The normalized spacial score (nSPS) is 12.9. The van der Waals surface area contributed by atoms with Gasteiger partial charge in [0.2, 0.25) is 0 Å². The Morgan fingerprint density at radius 3 is 2.33 bits per heavy atom. The van der Waals surface area contributed by atoms with Gasteiger partial charge in [-0.1, -0.05) is 30.4 Å². The van der Waals surface area contributed by atoms with Crippen LogP contribution in [-0.4, -0.2) is 23.8 Å². The van der Waals surface area contributed by atoms with E-state index in [4.69, 9.17) is 0 Å². The number of allylic oxidation sites excluding steroid dienone is 4. The standard InChI is InChI=1S/C15H24O3/c1-15(2,17)13-11-9-7-5-4-6-8-10-12-14(16)18-3/h7,9-13,17H,4-6,8H2,1-3H3/b9-7-,12-10-,13-11+. The number of methoxy groups -OCH3 is 1. The summed E-state index contributed by atoms with van der Waals surface area (Å²) in [4.78, 5) is 10.8. The van der Waals surface area contributed by atoms with E-state index in [-0.39, 0.29) is 5.97 Å². The minimum absolute atomic E-state index is 0.299. The third-order valence-corrected chi connectivity index (χ3v) is 2.20.